The molecule has 1 aliphatic heterocycles. The fourth-order valence-electron chi connectivity index (χ4n) is 3.00. The minimum atomic E-state index is -0.112. The lowest BCUT2D eigenvalue weighted by Crippen LogP contribution is -2.49. The Hall–Kier alpha value is -2.57. The molecule has 1 aliphatic rings. The van der Waals surface area contributed by atoms with Crippen molar-refractivity contribution < 1.29 is 14.0 Å². The van der Waals surface area contributed by atoms with Crippen LogP contribution in [0.4, 0.5) is 0 Å². The highest BCUT2D eigenvalue weighted by atomic mass is 16.3. The first-order chi connectivity index (χ1) is 11.7. The topological polar surface area (TPSA) is 91.2 Å². The highest BCUT2D eigenvalue weighted by molar-refractivity contribution is 5.91. The van der Waals surface area contributed by atoms with Gasteiger partial charge in [0.15, 0.2) is 5.76 Å². The summed E-state index contributed by atoms with van der Waals surface area (Å²) in [6.45, 7) is 1.24. The average Bonchev–Trinajstić information content (AvgIpc) is 3.28. The zero-order valence-corrected chi connectivity index (χ0v) is 13.5. The van der Waals surface area contributed by atoms with Crippen LogP contribution in [0.15, 0.2) is 35.2 Å². The fraction of sp³-hybridized carbons (Fsp3) is 0.471. The molecular formula is C17H22N4O3. The lowest BCUT2D eigenvalue weighted by atomic mass is 10.0. The van der Waals surface area contributed by atoms with E-state index in [2.05, 4.69) is 15.5 Å². The molecule has 0 bridgehead atoms. The number of rotatable bonds is 6. The largest absolute Gasteiger partial charge is 0.459 e. The van der Waals surface area contributed by atoms with Crippen LogP contribution in [-0.4, -0.2) is 46.0 Å². The summed E-state index contributed by atoms with van der Waals surface area (Å²) < 4.78 is 5.17. The molecule has 0 aromatic carbocycles. The predicted molar refractivity (Wildman–Crippen MR) is 87.3 cm³/mol. The number of aryl methyl sites for hydroxylation is 1. The molecule has 7 nitrogen and oxygen atoms in total. The number of nitrogens with one attached hydrogen (secondary N) is 2. The van der Waals surface area contributed by atoms with E-state index in [9.17, 15) is 9.59 Å². The summed E-state index contributed by atoms with van der Waals surface area (Å²) >= 11 is 0. The maximum absolute atomic E-state index is 12.3. The van der Waals surface area contributed by atoms with Crippen molar-refractivity contribution >= 4 is 11.8 Å². The van der Waals surface area contributed by atoms with Gasteiger partial charge >= 0.3 is 0 Å². The fourth-order valence-corrected chi connectivity index (χ4v) is 3.00. The standard InChI is InChI=1S/C17H22N4O3/c22-16(7-1-4-13-10-18-19-11-13)20-14-5-2-8-21(12-14)17(23)15-6-3-9-24-15/h3,6,9-11,14H,1-2,4-5,7-8,12H2,(H,18,19)(H,20,22). The third kappa shape index (κ3) is 4.24. The van der Waals surface area contributed by atoms with Gasteiger partial charge < -0.3 is 14.6 Å². The van der Waals surface area contributed by atoms with E-state index in [1.165, 1.54) is 6.26 Å². The van der Waals surface area contributed by atoms with Crippen LogP contribution in [0, 0.1) is 0 Å². The van der Waals surface area contributed by atoms with Gasteiger partial charge in [0.1, 0.15) is 0 Å². The second kappa shape index (κ2) is 7.81. The van der Waals surface area contributed by atoms with Crippen LogP contribution in [0.2, 0.25) is 0 Å². The van der Waals surface area contributed by atoms with Crippen LogP contribution >= 0.6 is 0 Å². The zero-order valence-electron chi connectivity index (χ0n) is 13.5. The van der Waals surface area contributed by atoms with Crippen molar-refractivity contribution in [1.29, 1.82) is 0 Å². The molecule has 0 radical (unpaired) electrons. The second-order valence-corrected chi connectivity index (χ2v) is 6.10. The summed E-state index contributed by atoms with van der Waals surface area (Å²) in [5, 5.41) is 9.70. The molecule has 7 heteroatoms. The molecule has 3 rings (SSSR count). The van der Waals surface area contributed by atoms with E-state index in [4.69, 9.17) is 4.42 Å². The summed E-state index contributed by atoms with van der Waals surface area (Å²) in [5.41, 5.74) is 1.11. The molecule has 3 heterocycles. The van der Waals surface area contributed by atoms with Gasteiger partial charge in [-0.15, -0.1) is 0 Å². The Morgan fingerprint density at radius 2 is 2.38 bits per heavy atom. The number of furan rings is 1. The molecule has 0 spiro atoms. The van der Waals surface area contributed by atoms with Crippen molar-refractivity contribution in [2.24, 2.45) is 0 Å². The number of hydrogen-bond acceptors (Lipinski definition) is 4. The molecule has 2 aromatic rings. The molecule has 2 amide bonds. The first-order valence-electron chi connectivity index (χ1n) is 8.32. The van der Waals surface area contributed by atoms with E-state index < -0.39 is 0 Å². The smallest absolute Gasteiger partial charge is 0.289 e. The van der Waals surface area contributed by atoms with E-state index in [0.29, 0.717) is 25.3 Å². The number of hydrogen-bond donors (Lipinski definition) is 2. The van der Waals surface area contributed by atoms with Crippen molar-refractivity contribution in [3.8, 4) is 0 Å². The van der Waals surface area contributed by atoms with E-state index in [0.717, 1.165) is 31.2 Å². The predicted octanol–water partition coefficient (Wildman–Crippen LogP) is 1.75. The summed E-state index contributed by atoms with van der Waals surface area (Å²) in [4.78, 5) is 26.1. The number of carbonyl (C=O) groups is 2. The molecule has 1 unspecified atom stereocenters. The lowest BCUT2D eigenvalue weighted by molar-refractivity contribution is -0.122. The zero-order chi connectivity index (χ0) is 16.8. The van der Waals surface area contributed by atoms with E-state index in [1.807, 2.05) is 6.20 Å². The number of aromatic nitrogens is 2. The SMILES string of the molecule is O=C(CCCc1cn[nH]c1)NC1CCCN(C(=O)c2ccco2)C1. The molecule has 2 N–H and O–H groups in total. The minimum Gasteiger partial charge on any atom is -0.459 e. The summed E-state index contributed by atoms with van der Waals surface area (Å²) in [5.74, 6) is 0.275. The van der Waals surface area contributed by atoms with E-state index in [-0.39, 0.29) is 17.9 Å². The van der Waals surface area contributed by atoms with Crippen LogP contribution < -0.4 is 5.32 Å². The molecule has 1 fully saturated rings. The number of amides is 2. The third-order valence-corrected chi connectivity index (χ3v) is 4.23. The number of H-pyrrole nitrogens is 1. The van der Waals surface area contributed by atoms with Gasteiger partial charge in [-0.05, 0) is 43.4 Å². The lowest BCUT2D eigenvalue weighted by Gasteiger charge is -2.32. The number of nitrogens with zero attached hydrogens (tertiary/aromatic N) is 2. The number of carbonyl (C=O) groups excluding carboxylic acids is 2. The van der Waals surface area contributed by atoms with Gasteiger partial charge in [0.05, 0.1) is 12.5 Å². The van der Waals surface area contributed by atoms with Crippen molar-refractivity contribution in [2.45, 2.75) is 38.1 Å². The van der Waals surface area contributed by atoms with Crippen molar-refractivity contribution in [3.05, 3.63) is 42.1 Å². The Morgan fingerprint density at radius 1 is 1.46 bits per heavy atom. The molecule has 0 aliphatic carbocycles. The van der Waals surface area contributed by atoms with Crippen LogP contribution in [0.25, 0.3) is 0 Å². The number of piperidine rings is 1. The van der Waals surface area contributed by atoms with Crippen LogP contribution in [-0.2, 0) is 11.2 Å². The Labute approximate surface area is 140 Å². The summed E-state index contributed by atoms with van der Waals surface area (Å²) in [7, 11) is 0. The first kappa shape index (κ1) is 16.3. The van der Waals surface area contributed by atoms with Crippen molar-refractivity contribution in [3.63, 3.8) is 0 Å². The Kier molecular flexibility index (Phi) is 5.30. The van der Waals surface area contributed by atoms with Gasteiger partial charge in [-0.3, -0.25) is 14.7 Å². The summed E-state index contributed by atoms with van der Waals surface area (Å²) in [6.07, 6.45) is 8.99. The highest BCUT2D eigenvalue weighted by Gasteiger charge is 2.26. The molecule has 1 saturated heterocycles. The Morgan fingerprint density at radius 3 is 3.12 bits per heavy atom. The van der Waals surface area contributed by atoms with E-state index in [1.54, 1.807) is 23.2 Å². The van der Waals surface area contributed by atoms with Gasteiger partial charge in [-0.1, -0.05) is 0 Å². The van der Waals surface area contributed by atoms with Crippen LogP contribution in [0.3, 0.4) is 0 Å². The van der Waals surface area contributed by atoms with Gasteiger partial charge in [-0.25, -0.2) is 0 Å². The normalized spacial score (nSPS) is 17.7. The van der Waals surface area contributed by atoms with Gasteiger partial charge in [0.25, 0.3) is 5.91 Å². The highest BCUT2D eigenvalue weighted by Crippen LogP contribution is 2.14. The first-order valence-corrected chi connectivity index (χ1v) is 8.32. The molecule has 1 atom stereocenters. The second-order valence-electron chi connectivity index (χ2n) is 6.10. The molecular weight excluding hydrogens is 308 g/mol. The summed E-state index contributed by atoms with van der Waals surface area (Å²) in [6, 6.07) is 3.38. The van der Waals surface area contributed by atoms with Crippen molar-refractivity contribution in [2.75, 3.05) is 13.1 Å². The van der Waals surface area contributed by atoms with Crippen LogP contribution in [0.5, 0.6) is 0 Å². The molecule has 24 heavy (non-hydrogen) atoms. The maximum atomic E-state index is 12.3. The maximum Gasteiger partial charge on any atom is 0.289 e. The average molecular weight is 330 g/mol. The third-order valence-electron chi connectivity index (χ3n) is 4.23. The minimum absolute atomic E-state index is 0.0130. The van der Waals surface area contributed by atoms with E-state index >= 15 is 0 Å². The monoisotopic (exact) mass is 330 g/mol. The number of aromatic amines is 1. The molecule has 2 aromatic heterocycles. The molecule has 0 saturated carbocycles. The van der Waals surface area contributed by atoms with Gasteiger partial charge in [0.2, 0.25) is 5.91 Å². The van der Waals surface area contributed by atoms with Crippen LogP contribution in [0.1, 0.15) is 41.8 Å². The Bertz CT molecular complexity index is 651. The van der Waals surface area contributed by atoms with Gasteiger partial charge in [-0.2, -0.15) is 5.10 Å². The van der Waals surface area contributed by atoms with Crippen molar-refractivity contribution in [1.82, 2.24) is 20.4 Å². The number of likely N-dealkylation sites (tertiary alicyclic amines) is 1. The van der Waals surface area contributed by atoms with Gasteiger partial charge in [0, 0.05) is 31.7 Å². The quantitative estimate of drug-likeness (QED) is 0.844. The Balaban J connectivity index is 1.43. The molecule has 128 valence electrons.